The maximum absolute atomic E-state index is 5.68. The van der Waals surface area contributed by atoms with Crippen molar-refractivity contribution in [3.63, 3.8) is 0 Å². The van der Waals surface area contributed by atoms with E-state index in [2.05, 4.69) is 43.3 Å². The molecule has 0 radical (unpaired) electrons. The normalized spacial score (nSPS) is 10.2. The Labute approximate surface area is 103 Å². The van der Waals surface area contributed by atoms with Crippen molar-refractivity contribution in [1.82, 2.24) is 0 Å². The summed E-state index contributed by atoms with van der Waals surface area (Å²) < 4.78 is 5.68. The Hall–Kier alpha value is -1.76. The van der Waals surface area contributed by atoms with Gasteiger partial charge in [-0.1, -0.05) is 48.0 Å². The summed E-state index contributed by atoms with van der Waals surface area (Å²) in [5.74, 6) is 0.962. The summed E-state index contributed by atoms with van der Waals surface area (Å²) >= 11 is 0. The van der Waals surface area contributed by atoms with Crippen molar-refractivity contribution >= 4 is 0 Å². The van der Waals surface area contributed by atoms with Gasteiger partial charge in [-0.3, -0.25) is 0 Å². The van der Waals surface area contributed by atoms with Gasteiger partial charge in [-0.25, -0.2) is 0 Å². The molecular weight excluding hydrogens is 208 g/mol. The summed E-state index contributed by atoms with van der Waals surface area (Å²) in [4.78, 5) is 0. The summed E-state index contributed by atoms with van der Waals surface area (Å²) in [6.07, 6.45) is 2.13. The monoisotopic (exact) mass is 226 g/mol. The van der Waals surface area contributed by atoms with Crippen molar-refractivity contribution in [1.29, 1.82) is 0 Å². The minimum Gasteiger partial charge on any atom is -0.494 e. The second-order valence-corrected chi connectivity index (χ2v) is 4.25. The molecule has 0 heterocycles. The highest BCUT2D eigenvalue weighted by atomic mass is 16.5. The van der Waals surface area contributed by atoms with Crippen LogP contribution < -0.4 is 4.74 Å². The van der Waals surface area contributed by atoms with Crippen molar-refractivity contribution in [3.05, 3.63) is 65.7 Å². The van der Waals surface area contributed by atoms with Crippen LogP contribution in [0.5, 0.6) is 5.75 Å². The van der Waals surface area contributed by atoms with Gasteiger partial charge in [0.05, 0.1) is 6.61 Å². The molecule has 0 atom stereocenters. The van der Waals surface area contributed by atoms with Gasteiger partial charge in [0.25, 0.3) is 0 Å². The van der Waals surface area contributed by atoms with Crippen LogP contribution in [0.1, 0.15) is 17.5 Å². The molecule has 0 N–H and O–H groups in total. The first kappa shape index (κ1) is 11.7. The molecule has 0 fully saturated rings. The van der Waals surface area contributed by atoms with Gasteiger partial charge in [0.15, 0.2) is 0 Å². The molecule has 88 valence electrons. The van der Waals surface area contributed by atoms with Crippen LogP contribution in [0.2, 0.25) is 0 Å². The van der Waals surface area contributed by atoms with Crippen LogP contribution in [-0.2, 0) is 6.42 Å². The van der Waals surface area contributed by atoms with Crippen LogP contribution in [0.4, 0.5) is 0 Å². The fourth-order valence-corrected chi connectivity index (χ4v) is 1.75. The maximum Gasteiger partial charge on any atom is 0.119 e. The van der Waals surface area contributed by atoms with Crippen LogP contribution >= 0.6 is 0 Å². The second-order valence-electron chi connectivity index (χ2n) is 4.25. The molecule has 2 rings (SSSR count). The molecule has 1 heteroatoms. The average Bonchev–Trinajstić information content (AvgIpc) is 2.38. The third-order valence-corrected chi connectivity index (χ3v) is 2.74. The lowest BCUT2D eigenvalue weighted by atomic mass is 10.1. The van der Waals surface area contributed by atoms with Gasteiger partial charge in [-0.2, -0.15) is 0 Å². The van der Waals surface area contributed by atoms with Crippen molar-refractivity contribution in [2.24, 2.45) is 0 Å². The molecule has 0 saturated carbocycles. The minimum absolute atomic E-state index is 0.776. The summed E-state index contributed by atoms with van der Waals surface area (Å²) in [6.45, 7) is 2.86. The van der Waals surface area contributed by atoms with Gasteiger partial charge in [0.2, 0.25) is 0 Å². The number of benzene rings is 2. The fourth-order valence-electron chi connectivity index (χ4n) is 1.75. The van der Waals surface area contributed by atoms with E-state index < -0.39 is 0 Å². The number of ether oxygens (including phenoxy) is 1. The highest BCUT2D eigenvalue weighted by molar-refractivity contribution is 5.26. The van der Waals surface area contributed by atoms with Crippen molar-refractivity contribution in [2.45, 2.75) is 19.8 Å². The van der Waals surface area contributed by atoms with E-state index in [9.17, 15) is 0 Å². The standard InChI is InChI=1S/C16H18O/c1-14-9-11-16(12-10-14)17-13-5-8-15-6-3-2-4-7-15/h2-4,6-7,9-12H,5,8,13H2,1H3. The quantitative estimate of drug-likeness (QED) is 0.700. The van der Waals surface area contributed by atoms with Crippen molar-refractivity contribution in [2.75, 3.05) is 6.61 Å². The molecule has 0 unspecified atom stereocenters. The molecule has 0 aromatic heterocycles. The largest absolute Gasteiger partial charge is 0.494 e. The number of hydrogen-bond acceptors (Lipinski definition) is 1. The van der Waals surface area contributed by atoms with E-state index in [1.807, 2.05) is 18.2 Å². The molecule has 0 aliphatic carbocycles. The van der Waals surface area contributed by atoms with Gasteiger partial charge in [-0.05, 0) is 37.5 Å². The number of rotatable bonds is 5. The first-order chi connectivity index (χ1) is 8.34. The third-order valence-electron chi connectivity index (χ3n) is 2.74. The third kappa shape index (κ3) is 3.95. The predicted molar refractivity (Wildman–Crippen MR) is 71.4 cm³/mol. The van der Waals surface area contributed by atoms with E-state index in [-0.39, 0.29) is 0 Å². The molecule has 0 aliphatic rings. The summed E-state index contributed by atoms with van der Waals surface area (Å²) in [6, 6.07) is 18.7. The van der Waals surface area contributed by atoms with Crippen molar-refractivity contribution < 1.29 is 4.74 Å². The Bertz CT molecular complexity index is 431. The SMILES string of the molecule is Cc1ccc(OCCCc2ccccc2)cc1. The van der Waals surface area contributed by atoms with Crippen molar-refractivity contribution in [3.8, 4) is 5.75 Å². The highest BCUT2D eigenvalue weighted by Gasteiger charge is 1.94. The first-order valence-corrected chi connectivity index (χ1v) is 6.08. The van der Waals surface area contributed by atoms with Crippen LogP contribution in [0.3, 0.4) is 0 Å². The predicted octanol–water partition coefficient (Wildman–Crippen LogP) is 4.01. The molecule has 0 aliphatic heterocycles. The Kier molecular flexibility index (Phi) is 4.20. The van der Waals surface area contributed by atoms with Gasteiger partial charge in [0.1, 0.15) is 5.75 Å². The summed E-state index contributed by atoms with van der Waals surface area (Å²) in [7, 11) is 0. The van der Waals surface area contributed by atoms with Gasteiger partial charge < -0.3 is 4.74 Å². The van der Waals surface area contributed by atoms with E-state index in [0.717, 1.165) is 25.2 Å². The molecule has 2 aromatic rings. The molecule has 0 amide bonds. The lowest BCUT2D eigenvalue weighted by Gasteiger charge is -2.06. The molecule has 0 spiro atoms. The Morgan fingerprint density at radius 1 is 0.882 bits per heavy atom. The van der Waals surface area contributed by atoms with Crippen LogP contribution in [0.15, 0.2) is 54.6 Å². The molecule has 0 saturated heterocycles. The number of aryl methyl sites for hydroxylation is 2. The first-order valence-electron chi connectivity index (χ1n) is 6.08. The Morgan fingerprint density at radius 2 is 1.59 bits per heavy atom. The van der Waals surface area contributed by atoms with Crippen LogP contribution in [0.25, 0.3) is 0 Å². The topological polar surface area (TPSA) is 9.23 Å². The molecule has 1 nitrogen and oxygen atoms in total. The Balaban J connectivity index is 1.71. The van der Waals surface area contributed by atoms with E-state index in [0.29, 0.717) is 0 Å². The molecule has 2 aromatic carbocycles. The molecule has 0 bridgehead atoms. The minimum atomic E-state index is 0.776. The molecule has 17 heavy (non-hydrogen) atoms. The zero-order valence-electron chi connectivity index (χ0n) is 10.2. The Morgan fingerprint density at radius 3 is 2.29 bits per heavy atom. The van der Waals surface area contributed by atoms with Gasteiger partial charge in [-0.15, -0.1) is 0 Å². The van der Waals surface area contributed by atoms with E-state index >= 15 is 0 Å². The van der Waals surface area contributed by atoms with E-state index in [4.69, 9.17) is 4.74 Å². The van der Waals surface area contributed by atoms with Gasteiger partial charge in [0, 0.05) is 0 Å². The lowest BCUT2D eigenvalue weighted by Crippen LogP contribution is -1.99. The number of hydrogen-bond donors (Lipinski definition) is 0. The average molecular weight is 226 g/mol. The highest BCUT2D eigenvalue weighted by Crippen LogP contribution is 2.12. The second kappa shape index (κ2) is 6.09. The maximum atomic E-state index is 5.68. The van der Waals surface area contributed by atoms with E-state index in [1.165, 1.54) is 11.1 Å². The van der Waals surface area contributed by atoms with Crippen LogP contribution in [-0.4, -0.2) is 6.61 Å². The zero-order chi connectivity index (χ0) is 11.9. The smallest absolute Gasteiger partial charge is 0.119 e. The van der Waals surface area contributed by atoms with Gasteiger partial charge >= 0.3 is 0 Å². The van der Waals surface area contributed by atoms with Crippen LogP contribution in [0, 0.1) is 6.92 Å². The summed E-state index contributed by atoms with van der Waals surface area (Å²) in [5, 5.41) is 0. The fraction of sp³-hybridized carbons (Fsp3) is 0.250. The summed E-state index contributed by atoms with van der Waals surface area (Å²) in [5.41, 5.74) is 2.64. The zero-order valence-corrected chi connectivity index (χ0v) is 10.2. The van der Waals surface area contributed by atoms with E-state index in [1.54, 1.807) is 0 Å². The lowest BCUT2D eigenvalue weighted by molar-refractivity contribution is 0.311. The molecular formula is C16H18O.